The third-order valence-corrected chi connectivity index (χ3v) is 4.23. The summed E-state index contributed by atoms with van der Waals surface area (Å²) < 4.78 is 23.5. The summed E-state index contributed by atoms with van der Waals surface area (Å²) in [5.74, 6) is -0.0547. The number of amides is 1. The summed E-state index contributed by atoms with van der Waals surface area (Å²) in [6.07, 6.45) is 0.756. The number of benzene rings is 2. The molecule has 0 radical (unpaired) electrons. The molecule has 1 aliphatic rings. The molecule has 2 aromatic rings. The molecule has 1 saturated heterocycles. The van der Waals surface area contributed by atoms with E-state index < -0.39 is 0 Å². The summed E-state index contributed by atoms with van der Waals surface area (Å²) in [6.45, 7) is 3.85. The summed E-state index contributed by atoms with van der Waals surface area (Å²) in [7, 11) is 0. The molecule has 2 aromatic carbocycles. The standard InChI is InChI=1S/C20H23FN2O3/c21-17-3-7-19(8-4-17)26-15-20(24)22-10-9-16-1-5-18(6-2-16)23-11-13-25-14-12-23/h1-8H,9-15H2,(H,22,24). The van der Waals surface area contributed by atoms with Crippen molar-refractivity contribution in [2.45, 2.75) is 6.42 Å². The van der Waals surface area contributed by atoms with Crippen molar-refractivity contribution in [3.05, 3.63) is 59.9 Å². The molecular formula is C20H23FN2O3. The first-order valence-electron chi connectivity index (χ1n) is 8.77. The lowest BCUT2D eigenvalue weighted by molar-refractivity contribution is -0.123. The number of nitrogens with one attached hydrogen (secondary N) is 1. The van der Waals surface area contributed by atoms with Gasteiger partial charge in [0.2, 0.25) is 0 Å². The Morgan fingerprint density at radius 2 is 1.77 bits per heavy atom. The van der Waals surface area contributed by atoms with E-state index in [4.69, 9.17) is 9.47 Å². The highest BCUT2D eigenvalue weighted by molar-refractivity contribution is 5.77. The van der Waals surface area contributed by atoms with Crippen LogP contribution in [0.15, 0.2) is 48.5 Å². The van der Waals surface area contributed by atoms with Gasteiger partial charge in [0.05, 0.1) is 13.2 Å². The average Bonchev–Trinajstić information content (AvgIpc) is 2.69. The first-order chi connectivity index (χ1) is 12.7. The van der Waals surface area contributed by atoms with Crippen LogP contribution < -0.4 is 15.0 Å². The number of hydrogen-bond acceptors (Lipinski definition) is 4. The molecule has 1 amide bonds. The van der Waals surface area contributed by atoms with Gasteiger partial charge in [0.1, 0.15) is 11.6 Å². The van der Waals surface area contributed by atoms with E-state index in [0.29, 0.717) is 12.3 Å². The summed E-state index contributed by atoms with van der Waals surface area (Å²) in [4.78, 5) is 14.1. The van der Waals surface area contributed by atoms with E-state index in [-0.39, 0.29) is 18.3 Å². The molecule has 1 aliphatic heterocycles. The maximum absolute atomic E-state index is 12.8. The molecule has 0 aliphatic carbocycles. The third-order valence-electron chi connectivity index (χ3n) is 4.23. The van der Waals surface area contributed by atoms with Gasteiger partial charge in [-0.3, -0.25) is 4.79 Å². The van der Waals surface area contributed by atoms with Crippen molar-refractivity contribution in [3.8, 4) is 5.75 Å². The van der Waals surface area contributed by atoms with E-state index in [2.05, 4.69) is 34.5 Å². The second kappa shape index (κ2) is 9.20. The minimum absolute atomic E-state index is 0.0817. The van der Waals surface area contributed by atoms with Crippen LogP contribution in [-0.4, -0.2) is 45.4 Å². The van der Waals surface area contributed by atoms with Gasteiger partial charge in [0.15, 0.2) is 6.61 Å². The Balaban J connectivity index is 1.37. The van der Waals surface area contributed by atoms with Gasteiger partial charge < -0.3 is 19.7 Å². The molecule has 1 N–H and O–H groups in total. The normalized spacial score (nSPS) is 14.1. The van der Waals surface area contributed by atoms with Crippen molar-refractivity contribution in [3.63, 3.8) is 0 Å². The Bertz CT molecular complexity index is 698. The van der Waals surface area contributed by atoms with Crippen LogP contribution in [-0.2, 0) is 16.0 Å². The monoisotopic (exact) mass is 358 g/mol. The maximum atomic E-state index is 12.8. The van der Waals surface area contributed by atoms with Gasteiger partial charge in [0.25, 0.3) is 5.91 Å². The Morgan fingerprint density at radius 3 is 2.46 bits per heavy atom. The van der Waals surface area contributed by atoms with E-state index in [1.807, 2.05) is 0 Å². The Labute approximate surface area is 152 Å². The molecule has 5 nitrogen and oxygen atoms in total. The lowest BCUT2D eigenvalue weighted by Crippen LogP contribution is -2.36. The minimum atomic E-state index is -0.332. The van der Waals surface area contributed by atoms with Gasteiger partial charge in [0, 0.05) is 25.3 Å². The zero-order valence-electron chi connectivity index (χ0n) is 14.6. The molecule has 26 heavy (non-hydrogen) atoms. The molecule has 1 heterocycles. The van der Waals surface area contributed by atoms with Gasteiger partial charge in [-0.1, -0.05) is 12.1 Å². The number of carbonyl (C=O) groups is 1. The summed E-state index contributed by atoms with van der Waals surface area (Å²) in [5, 5.41) is 2.83. The molecule has 0 spiro atoms. The molecule has 1 fully saturated rings. The Morgan fingerprint density at radius 1 is 1.08 bits per heavy atom. The summed E-state index contributed by atoms with van der Waals surface area (Å²) >= 11 is 0. The van der Waals surface area contributed by atoms with Crippen molar-refractivity contribution < 1.29 is 18.7 Å². The smallest absolute Gasteiger partial charge is 0.257 e. The minimum Gasteiger partial charge on any atom is -0.484 e. The van der Waals surface area contributed by atoms with E-state index in [0.717, 1.165) is 32.7 Å². The van der Waals surface area contributed by atoms with Gasteiger partial charge in [-0.05, 0) is 48.4 Å². The number of nitrogens with zero attached hydrogens (tertiary/aromatic N) is 1. The molecule has 138 valence electrons. The van der Waals surface area contributed by atoms with Crippen LogP contribution in [0.5, 0.6) is 5.75 Å². The van der Waals surface area contributed by atoms with E-state index in [1.54, 1.807) is 0 Å². The maximum Gasteiger partial charge on any atom is 0.257 e. The fourth-order valence-corrected chi connectivity index (χ4v) is 2.77. The number of morpholine rings is 1. The van der Waals surface area contributed by atoms with Crippen LogP contribution in [0.1, 0.15) is 5.56 Å². The van der Waals surface area contributed by atoms with E-state index >= 15 is 0 Å². The van der Waals surface area contributed by atoms with Crippen LogP contribution in [0, 0.1) is 5.82 Å². The van der Waals surface area contributed by atoms with Crippen molar-refractivity contribution in [2.24, 2.45) is 0 Å². The molecular weight excluding hydrogens is 335 g/mol. The molecule has 0 atom stereocenters. The summed E-state index contributed by atoms with van der Waals surface area (Å²) in [5.41, 5.74) is 2.37. The lowest BCUT2D eigenvalue weighted by Gasteiger charge is -2.28. The van der Waals surface area contributed by atoms with E-state index in [1.165, 1.54) is 35.5 Å². The number of hydrogen-bond donors (Lipinski definition) is 1. The number of halogens is 1. The fourth-order valence-electron chi connectivity index (χ4n) is 2.77. The molecule has 0 saturated carbocycles. The first-order valence-corrected chi connectivity index (χ1v) is 8.77. The molecule has 6 heteroatoms. The SMILES string of the molecule is O=C(COc1ccc(F)cc1)NCCc1ccc(N2CCOCC2)cc1. The fraction of sp³-hybridized carbons (Fsp3) is 0.350. The molecule has 0 aromatic heterocycles. The van der Waals surface area contributed by atoms with Gasteiger partial charge in [-0.25, -0.2) is 4.39 Å². The third kappa shape index (κ3) is 5.46. The van der Waals surface area contributed by atoms with Crippen molar-refractivity contribution in [1.82, 2.24) is 5.32 Å². The number of carbonyl (C=O) groups excluding carboxylic acids is 1. The number of anilines is 1. The summed E-state index contributed by atoms with van der Waals surface area (Å²) in [6, 6.07) is 14.0. The van der Waals surface area contributed by atoms with Crippen molar-refractivity contribution in [1.29, 1.82) is 0 Å². The van der Waals surface area contributed by atoms with Gasteiger partial charge in [-0.15, -0.1) is 0 Å². The predicted octanol–water partition coefficient (Wildman–Crippen LogP) is 2.40. The zero-order valence-corrected chi connectivity index (χ0v) is 14.6. The van der Waals surface area contributed by atoms with Crippen LogP contribution in [0.2, 0.25) is 0 Å². The van der Waals surface area contributed by atoms with Crippen molar-refractivity contribution in [2.75, 3.05) is 44.4 Å². The number of ether oxygens (including phenoxy) is 2. The predicted molar refractivity (Wildman–Crippen MR) is 98.1 cm³/mol. The highest BCUT2D eigenvalue weighted by atomic mass is 19.1. The first kappa shape index (κ1) is 18.2. The second-order valence-corrected chi connectivity index (χ2v) is 6.11. The molecule has 0 unspecified atom stereocenters. The molecule has 3 rings (SSSR count). The molecule has 0 bridgehead atoms. The van der Waals surface area contributed by atoms with Crippen molar-refractivity contribution >= 4 is 11.6 Å². The van der Waals surface area contributed by atoms with Gasteiger partial charge in [-0.2, -0.15) is 0 Å². The van der Waals surface area contributed by atoms with E-state index in [9.17, 15) is 9.18 Å². The zero-order chi connectivity index (χ0) is 18.2. The van der Waals surface area contributed by atoms with Crippen LogP contribution in [0.25, 0.3) is 0 Å². The Hall–Kier alpha value is -2.60. The van der Waals surface area contributed by atoms with Crippen LogP contribution in [0.4, 0.5) is 10.1 Å². The Kier molecular flexibility index (Phi) is 6.44. The topological polar surface area (TPSA) is 50.8 Å². The largest absolute Gasteiger partial charge is 0.484 e. The van der Waals surface area contributed by atoms with Crippen LogP contribution >= 0.6 is 0 Å². The highest BCUT2D eigenvalue weighted by Crippen LogP contribution is 2.16. The van der Waals surface area contributed by atoms with Crippen LogP contribution in [0.3, 0.4) is 0 Å². The average molecular weight is 358 g/mol. The second-order valence-electron chi connectivity index (χ2n) is 6.11. The highest BCUT2D eigenvalue weighted by Gasteiger charge is 2.10. The van der Waals surface area contributed by atoms with Gasteiger partial charge >= 0.3 is 0 Å². The number of rotatable bonds is 7. The lowest BCUT2D eigenvalue weighted by atomic mass is 10.1. The quantitative estimate of drug-likeness (QED) is 0.826.